The molecule has 2 heterocycles. The molecule has 0 bridgehead atoms. The van der Waals surface area contributed by atoms with Gasteiger partial charge in [-0.3, -0.25) is 14.7 Å². The van der Waals surface area contributed by atoms with Crippen molar-refractivity contribution in [3.05, 3.63) is 29.6 Å². The Morgan fingerprint density at radius 2 is 2.25 bits per heavy atom. The molecule has 2 N–H and O–H groups in total. The molecule has 20 heavy (non-hydrogen) atoms. The molecule has 0 amide bonds. The quantitative estimate of drug-likeness (QED) is 0.822. The van der Waals surface area contributed by atoms with E-state index in [0.717, 1.165) is 38.2 Å². The van der Waals surface area contributed by atoms with Crippen molar-refractivity contribution in [3.8, 4) is 0 Å². The highest BCUT2D eigenvalue weighted by Crippen LogP contribution is 2.20. The number of pyridine rings is 1. The number of rotatable bonds is 5. The highest BCUT2D eigenvalue weighted by Gasteiger charge is 2.25. The summed E-state index contributed by atoms with van der Waals surface area (Å²) in [6.45, 7) is 5.56. The smallest absolute Gasteiger partial charge is 0.309 e. The predicted molar refractivity (Wildman–Crippen MR) is 76.8 cm³/mol. The first kappa shape index (κ1) is 14.9. The van der Waals surface area contributed by atoms with Gasteiger partial charge in [-0.05, 0) is 50.6 Å². The number of piperidine rings is 1. The summed E-state index contributed by atoms with van der Waals surface area (Å²) in [5.74, 6) is 0.0321. The second-order valence-electron chi connectivity index (χ2n) is 5.16. The number of carbonyl (C=O) groups excluding carboxylic acids is 1. The maximum absolute atomic E-state index is 11.7. The van der Waals surface area contributed by atoms with Crippen molar-refractivity contribution in [2.24, 2.45) is 11.7 Å². The minimum absolute atomic E-state index is 0.0403. The number of likely N-dealkylation sites (tertiary alicyclic amines) is 1. The summed E-state index contributed by atoms with van der Waals surface area (Å²) in [7, 11) is 0. The SMILES string of the molecule is CCOC(=O)C1CCN(Cc2ccnc(CN)c2)CC1. The number of aromatic nitrogens is 1. The number of nitrogens with two attached hydrogens (primary N) is 1. The van der Waals surface area contributed by atoms with Crippen molar-refractivity contribution in [1.82, 2.24) is 9.88 Å². The van der Waals surface area contributed by atoms with Crippen molar-refractivity contribution in [2.45, 2.75) is 32.9 Å². The Bertz CT molecular complexity index is 442. The van der Waals surface area contributed by atoms with Crippen molar-refractivity contribution in [3.63, 3.8) is 0 Å². The Balaban J connectivity index is 1.83. The van der Waals surface area contributed by atoms with Crippen molar-refractivity contribution in [2.75, 3.05) is 19.7 Å². The minimum Gasteiger partial charge on any atom is -0.466 e. The summed E-state index contributed by atoms with van der Waals surface area (Å²) in [6, 6.07) is 4.08. The molecule has 5 heteroatoms. The van der Waals surface area contributed by atoms with E-state index in [4.69, 9.17) is 10.5 Å². The van der Waals surface area contributed by atoms with Crippen LogP contribution in [0.15, 0.2) is 18.3 Å². The summed E-state index contributed by atoms with van der Waals surface area (Å²) >= 11 is 0. The van der Waals surface area contributed by atoms with Crippen LogP contribution in [0.4, 0.5) is 0 Å². The molecule has 1 fully saturated rings. The fourth-order valence-electron chi connectivity index (χ4n) is 2.58. The summed E-state index contributed by atoms with van der Waals surface area (Å²) in [4.78, 5) is 18.3. The van der Waals surface area contributed by atoms with Crippen molar-refractivity contribution in [1.29, 1.82) is 0 Å². The van der Waals surface area contributed by atoms with Gasteiger partial charge in [-0.25, -0.2) is 0 Å². The van der Waals surface area contributed by atoms with Crippen LogP contribution in [0.1, 0.15) is 31.0 Å². The molecule has 0 aliphatic carbocycles. The van der Waals surface area contributed by atoms with Crippen LogP contribution >= 0.6 is 0 Å². The molecule has 0 radical (unpaired) electrons. The van der Waals surface area contributed by atoms with E-state index in [0.29, 0.717) is 13.2 Å². The maximum atomic E-state index is 11.7. The third-order valence-electron chi connectivity index (χ3n) is 3.70. The number of ether oxygens (including phenoxy) is 1. The van der Waals surface area contributed by atoms with Gasteiger partial charge >= 0.3 is 5.97 Å². The van der Waals surface area contributed by atoms with E-state index < -0.39 is 0 Å². The maximum Gasteiger partial charge on any atom is 0.309 e. The Morgan fingerprint density at radius 3 is 2.90 bits per heavy atom. The summed E-state index contributed by atoms with van der Waals surface area (Å²) in [5.41, 5.74) is 7.76. The van der Waals surface area contributed by atoms with Crippen LogP contribution in [0.3, 0.4) is 0 Å². The van der Waals surface area contributed by atoms with E-state index in [-0.39, 0.29) is 11.9 Å². The first-order valence-electron chi connectivity index (χ1n) is 7.25. The standard InChI is InChI=1S/C15H23N3O2/c1-2-20-15(19)13-4-7-18(8-5-13)11-12-3-6-17-14(9-12)10-16/h3,6,9,13H,2,4-5,7-8,10-11,16H2,1H3. The van der Waals surface area contributed by atoms with E-state index in [1.165, 1.54) is 5.56 Å². The summed E-state index contributed by atoms with van der Waals surface area (Å²) in [5, 5.41) is 0. The van der Waals surface area contributed by atoms with Gasteiger partial charge in [0.2, 0.25) is 0 Å². The monoisotopic (exact) mass is 277 g/mol. The third-order valence-corrected chi connectivity index (χ3v) is 3.70. The van der Waals surface area contributed by atoms with Crippen molar-refractivity contribution < 1.29 is 9.53 Å². The second kappa shape index (κ2) is 7.36. The molecule has 2 rings (SSSR count). The van der Waals surface area contributed by atoms with E-state index in [2.05, 4.69) is 16.0 Å². The molecule has 0 saturated carbocycles. The lowest BCUT2D eigenvalue weighted by atomic mass is 9.96. The van der Waals surface area contributed by atoms with Crippen LogP contribution in [0.5, 0.6) is 0 Å². The lowest BCUT2D eigenvalue weighted by Crippen LogP contribution is -2.36. The van der Waals surface area contributed by atoms with Gasteiger partial charge in [0.15, 0.2) is 0 Å². The van der Waals surface area contributed by atoms with Gasteiger partial charge in [-0.1, -0.05) is 0 Å². The van der Waals surface area contributed by atoms with E-state index in [1.54, 1.807) is 0 Å². The molecule has 1 saturated heterocycles. The van der Waals surface area contributed by atoms with E-state index >= 15 is 0 Å². The first-order valence-corrected chi connectivity index (χ1v) is 7.25. The number of esters is 1. The second-order valence-corrected chi connectivity index (χ2v) is 5.16. The van der Waals surface area contributed by atoms with Gasteiger partial charge in [-0.15, -0.1) is 0 Å². The number of carbonyl (C=O) groups is 1. The Kier molecular flexibility index (Phi) is 5.49. The van der Waals surface area contributed by atoms with E-state index in [9.17, 15) is 4.79 Å². The van der Waals surface area contributed by atoms with Gasteiger partial charge in [0, 0.05) is 19.3 Å². The van der Waals surface area contributed by atoms with Crippen LogP contribution in [0.2, 0.25) is 0 Å². The molecule has 1 aromatic rings. The van der Waals surface area contributed by atoms with E-state index in [1.807, 2.05) is 19.2 Å². The van der Waals surface area contributed by atoms with Gasteiger partial charge in [0.1, 0.15) is 0 Å². The molecule has 0 aromatic carbocycles. The fraction of sp³-hybridized carbons (Fsp3) is 0.600. The normalized spacial score (nSPS) is 17.1. The first-order chi connectivity index (χ1) is 9.72. The largest absolute Gasteiger partial charge is 0.466 e. The molecular weight excluding hydrogens is 254 g/mol. The molecule has 0 unspecified atom stereocenters. The molecule has 1 aliphatic heterocycles. The fourth-order valence-corrected chi connectivity index (χ4v) is 2.58. The molecule has 0 spiro atoms. The molecule has 5 nitrogen and oxygen atoms in total. The topological polar surface area (TPSA) is 68.5 Å². The van der Waals surface area contributed by atoms with Gasteiger partial charge in [-0.2, -0.15) is 0 Å². The number of hydrogen-bond donors (Lipinski definition) is 1. The zero-order chi connectivity index (χ0) is 14.4. The van der Waals surface area contributed by atoms with Gasteiger partial charge in [0.25, 0.3) is 0 Å². The average Bonchev–Trinajstić information content (AvgIpc) is 2.48. The number of hydrogen-bond acceptors (Lipinski definition) is 5. The summed E-state index contributed by atoms with van der Waals surface area (Å²) < 4.78 is 5.09. The molecule has 1 aromatic heterocycles. The van der Waals surface area contributed by atoms with Gasteiger partial charge < -0.3 is 10.5 Å². The molecule has 110 valence electrons. The zero-order valence-corrected chi connectivity index (χ0v) is 12.0. The Morgan fingerprint density at radius 1 is 1.50 bits per heavy atom. The predicted octanol–water partition coefficient (Wildman–Crippen LogP) is 1.32. The average molecular weight is 277 g/mol. The number of nitrogens with zero attached hydrogens (tertiary/aromatic N) is 2. The molecule has 1 aliphatic rings. The zero-order valence-electron chi connectivity index (χ0n) is 12.0. The molecule has 0 atom stereocenters. The van der Waals surface area contributed by atoms with Crippen molar-refractivity contribution >= 4 is 5.97 Å². The van der Waals surface area contributed by atoms with Gasteiger partial charge in [0.05, 0.1) is 18.2 Å². The highest BCUT2D eigenvalue weighted by atomic mass is 16.5. The Labute approximate surface area is 120 Å². The summed E-state index contributed by atoms with van der Waals surface area (Å²) in [6.07, 6.45) is 3.57. The highest BCUT2D eigenvalue weighted by molar-refractivity contribution is 5.72. The van der Waals surface area contributed by atoms with Crippen LogP contribution in [0.25, 0.3) is 0 Å². The lowest BCUT2D eigenvalue weighted by molar-refractivity contribution is -0.149. The minimum atomic E-state index is -0.0403. The molecular formula is C15H23N3O2. The Hall–Kier alpha value is -1.46. The van der Waals surface area contributed by atoms with Crippen LogP contribution < -0.4 is 5.73 Å². The van der Waals surface area contributed by atoms with Crippen LogP contribution in [-0.2, 0) is 22.6 Å². The lowest BCUT2D eigenvalue weighted by Gasteiger charge is -2.30. The van der Waals surface area contributed by atoms with Crippen LogP contribution in [0, 0.1) is 5.92 Å². The van der Waals surface area contributed by atoms with Crippen LogP contribution in [-0.4, -0.2) is 35.5 Å². The third kappa shape index (κ3) is 4.02.